The van der Waals surface area contributed by atoms with Crippen LogP contribution in [0, 0.1) is 0 Å². The second-order valence-electron chi connectivity index (χ2n) is 5.14. The zero-order chi connectivity index (χ0) is 16.2. The predicted molar refractivity (Wildman–Crippen MR) is 85.6 cm³/mol. The Hall–Kier alpha value is -1.92. The molecule has 0 saturated heterocycles. The lowest BCUT2D eigenvalue weighted by Crippen LogP contribution is -2.30. The number of anilines is 1. The summed E-state index contributed by atoms with van der Waals surface area (Å²) in [6.45, 7) is 4.37. The van der Waals surface area contributed by atoms with E-state index in [1.54, 1.807) is 5.48 Å². The van der Waals surface area contributed by atoms with Crippen LogP contribution in [0.3, 0.4) is 0 Å². The van der Waals surface area contributed by atoms with Gasteiger partial charge in [0.25, 0.3) is 0 Å². The van der Waals surface area contributed by atoms with Crippen LogP contribution in [-0.2, 0) is 9.59 Å². The molecule has 0 unspecified atom stereocenters. The normalized spacial score (nSPS) is 10.5. The maximum atomic E-state index is 11.9. The lowest BCUT2D eigenvalue weighted by atomic mass is 10.2. The number of para-hydroxylation sites is 1. The largest absolute Gasteiger partial charge is 0.326 e. The molecule has 0 aromatic heterocycles. The van der Waals surface area contributed by atoms with Gasteiger partial charge in [0, 0.05) is 25.1 Å². The van der Waals surface area contributed by atoms with Crippen molar-refractivity contribution in [3.05, 3.63) is 30.3 Å². The number of carbonyl (C=O) groups is 2. The van der Waals surface area contributed by atoms with Gasteiger partial charge in [0.1, 0.15) is 0 Å². The molecule has 0 atom stereocenters. The van der Waals surface area contributed by atoms with Gasteiger partial charge in [-0.15, -0.1) is 0 Å². The molecule has 6 heteroatoms. The third kappa shape index (κ3) is 7.75. The van der Waals surface area contributed by atoms with Crippen LogP contribution in [0.5, 0.6) is 0 Å². The van der Waals surface area contributed by atoms with Gasteiger partial charge in [-0.05, 0) is 38.1 Å². The van der Waals surface area contributed by atoms with E-state index in [-0.39, 0.29) is 18.2 Å². The van der Waals surface area contributed by atoms with E-state index in [1.807, 2.05) is 30.3 Å². The number of amides is 2. The van der Waals surface area contributed by atoms with Crippen LogP contribution in [0.2, 0.25) is 0 Å². The predicted octanol–water partition coefficient (Wildman–Crippen LogP) is 2.01. The van der Waals surface area contributed by atoms with E-state index in [2.05, 4.69) is 17.1 Å². The van der Waals surface area contributed by atoms with Crippen LogP contribution in [0.25, 0.3) is 0 Å². The highest BCUT2D eigenvalue weighted by molar-refractivity contribution is 5.90. The molecule has 6 nitrogen and oxygen atoms in total. The Morgan fingerprint density at radius 1 is 1.05 bits per heavy atom. The van der Waals surface area contributed by atoms with Gasteiger partial charge < -0.3 is 10.2 Å². The highest BCUT2D eigenvalue weighted by Crippen LogP contribution is 2.06. The zero-order valence-electron chi connectivity index (χ0n) is 13.0. The van der Waals surface area contributed by atoms with Gasteiger partial charge in [0.15, 0.2) is 0 Å². The maximum Gasteiger partial charge on any atom is 0.243 e. The van der Waals surface area contributed by atoms with Crippen LogP contribution in [0.4, 0.5) is 5.69 Å². The fourth-order valence-electron chi connectivity index (χ4n) is 2.18. The Labute approximate surface area is 131 Å². The minimum atomic E-state index is -0.377. The van der Waals surface area contributed by atoms with Gasteiger partial charge in [-0.3, -0.25) is 14.8 Å². The second kappa shape index (κ2) is 10.8. The van der Waals surface area contributed by atoms with Crippen LogP contribution >= 0.6 is 0 Å². The quantitative estimate of drug-likeness (QED) is 0.456. The summed E-state index contributed by atoms with van der Waals surface area (Å²) in [5.41, 5.74) is 2.43. The molecule has 0 bridgehead atoms. The topological polar surface area (TPSA) is 81.7 Å². The van der Waals surface area contributed by atoms with Gasteiger partial charge >= 0.3 is 0 Å². The molecule has 0 heterocycles. The molecule has 0 radical (unpaired) electrons. The van der Waals surface area contributed by atoms with Crippen molar-refractivity contribution in [2.45, 2.75) is 32.6 Å². The molecule has 0 spiro atoms. The number of nitrogens with one attached hydrogen (secondary N) is 2. The number of nitrogens with zero attached hydrogens (tertiary/aromatic N) is 1. The minimum Gasteiger partial charge on any atom is -0.326 e. The molecule has 0 aliphatic heterocycles. The Bertz CT molecular complexity index is 451. The van der Waals surface area contributed by atoms with E-state index in [4.69, 9.17) is 5.21 Å². The van der Waals surface area contributed by atoms with Crippen molar-refractivity contribution in [1.82, 2.24) is 10.4 Å². The number of benzene rings is 1. The summed E-state index contributed by atoms with van der Waals surface area (Å²) in [5, 5.41) is 11.3. The fraction of sp³-hybridized carbons (Fsp3) is 0.500. The molecule has 1 rings (SSSR count). The van der Waals surface area contributed by atoms with Crippen molar-refractivity contribution in [2.75, 3.05) is 25.0 Å². The number of carbonyl (C=O) groups excluding carboxylic acids is 2. The molecule has 1 aromatic rings. The lowest BCUT2D eigenvalue weighted by molar-refractivity contribution is -0.129. The first kappa shape index (κ1) is 18.1. The van der Waals surface area contributed by atoms with Crippen molar-refractivity contribution in [1.29, 1.82) is 0 Å². The van der Waals surface area contributed by atoms with Crippen molar-refractivity contribution < 1.29 is 14.8 Å². The van der Waals surface area contributed by atoms with Crippen molar-refractivity contribution in [2.24, 2.45) is 0 Å². The van der Waals surface area contributed by atoms with Crippen molar-refractivity contribution in [3.8, 4) is 0 Å². The molecular weight excluding hydrogens is 282 g/mol. The smallest absolute Gasteiger partial charge is 0.243 e. The first-order valence-electron chi connectivity index (χ1n) is 7.66. The van der Waals surface area contributed by atoms with E-state index in [1.165, 1.54) is 0 Å². The van der Waals surface area contributed by atoms with E-state index in [9.17, 15) is 9.59 Å². The number of hydroxylamine groups is 1. The SMILES string of the molecule is CCCN(CCCC(=O)NO)CCC(=O)Nc1ccccc1. The number of hydrogen-bond donors (Lipinski definition) is 3. The van der Waals surface area contributed by atoms with Gasteiger partial charge in [0.05, 0.1) is 0 Å². The summed E-state index contributed by atoms with van der Waals surface area (Å²) < 4.78 is 0. The summed E-state index contributed by atoms with van der Waals surface area (Å²) in [5.74, 6) is -0.390. The molecule has 0 aliphatic rings. The van der Waals surface area contributed by atoms with Crippen LogP contribution < -0.4 is 10.8 Å². The summed E-state index contributed by atoms with van der Waals surface area (Å²) in [6.07, 6.45) is 2.35. The van der Waals surface area contributed by atoms with Crippen LogP contribution in [0.15, 0.2) is 30.3 Å². The van der Waals surface area contributed by atoms with Crippen molar-refractivity contribution in [3.63, 3.8) is 0 Å². The zero-order valence-corrected chi connectivity index (χ0v) is 13.0. The average molecular weight is 307 g/mol. The maximum absolute atomic E-state index is 11.9. The first-order chi connectivity index (χ1) is 10.7. The van der Waals surface area contributed by atoms with Crippen molar-refractivity contribution >= 4 is 17.5 Å². The molecular formula is C16H25N3O3. The molecule has 3 N–H and O–H groups in total. The molecule has 1 aromatic carbocycles. The van der Waals surface area contributed by atoms with E-state index in [0.717, 1.165) is 25.2 Å². The van der Waals surface area contributed by atoms with Gasteiger partial charge in [0.2, 0.25) is 11.8 Å². The summed E-state index contributed by atoms with van der Waals surface area (Å²) in [4.78, 5) is 25.1. The third-order valence-corrected chi connectivity index (χ3v) is 3.26. The highest BCUT2D eigenvalue weighted by Gasteiger charge is 2.09. The van der Waals surface area contributed by atoms with Crippen LogP contribution in [-0.4, -0.2) is 41.6 Å². The Morgan fingerprint density at radius 3 is 2.41 bits per heavy atom. The molecule has 0 saturated carbocycles. The molecule has 22 heavy (non-hydrogen) atoms. The van der Waals surface area contributed by atoms with E-state index >= 15 is 0 Å². The van der Waals surface area contributed by atoms with Gasteiger partial charge in [-0.1, -0.05) is 25.1 Å². The number of rotatable bonds is 10. The van der Waals surface area contributed by atoms with Gasteiger partial charge in [-0.2, -0.15) is 0 Å². The summed E-state index contributed by atoms with van der Waals surface area (Å²) in [6, 6.07) is 9.38. The fourth-order valence-corrected chi connectivity index (χ4v) is 2.18. The summed E-state index contributed by atoms with van der Waals surface area (Å²) in [7, 11) is 0. The molecule has 2 amide bonds. The Balaban J connectivity index is 2.30. The number of hydrogen-bond acceptors (Lipinski definition) is 4. The third-order valence-electron chi connectivity index (χ3n) is 3.26. The molecule has 0 fully saturated rings. The molecule has 0 aliphatic carbocycles. The average Bonchev–Trinajstić information content (AvgIpc) is 2.53. The van der Waals surface area contributed by atoms with E-state index < -0.39 is 0 Å². The van der Waals surface area contributed by atoms with Crippen LogP contribution in [0.1, 0.15) is 32.6 Å². The Morgan fingerprint density at radius 2 is 1.77 bits per heavy atom. The standard InChI is InChI=1S/C16H25N3O3/c1-2-11-19(12-6-9-16(21)18-22)13-10-15(20)17-14-7-4-3-5-8-14/h3-5,7-8,22H,2,6,9-13H2,1H3,(H,17,20)(H,18,21). The first-order valence-corrected chi connectivity index (χ1v) is 7.66. The monoisotopic (exact) mass is 307 g/mol. The van der Waals surface area contributed by atoms with E-state index in [0.29, 0.717) is 19.4 Å². The second-order valence-corrected chi connectivity index (χ2v) is 5.14. The lowest BCUT2D eigenvalue weighted by Gasteiger charge is -2.21. The van der Waals surface area contributed by atoms with Gasteiger partial charge in [-0.25, -0.2) is 5.48 Å². The minimum absolute atomic E-state index is 0.0135. The Kier molecular flexibility index (Phi) is 8.86. The highest BCUT2D eigenvalue weighted by atomic mass is 16.5. The summed E-state index contributed by atoms with van der Waals surface area (Å²) >= 11 is 0. The molecule has 122 valence electrons.